The Balaban J connectivity index is 1.33. The van der Waals surface area contributed by atoms with Crippen molar-refractivity contribution in [3.8, 4) is 16.5 Å². The molecule has 6 rings (SSSR count). The van der Waals surface area contributed by atoms with Crippen molar-refractivity contribution in [3.05, 3.63) is 30.0 Å². The number of nitrogens with one attached hydrogen (secondary N) is 1. The van der Waals surface area contributed by atoms with Crippen molar-refractivity contribution in [2.45, 2.75) is 62.3 Å². The summed E-state index contributed by atoms with van der Waals surface area (Å²) >= 11 is 1.33. The van der Waals surface area contributed by atoms with Crippen LogP contribution in [-0.4, -0.2) is 81.4 Å². The average molecular weight is 638 g/mol. The van der Waals surface area contributed by atoms with Gasteiger partial charge < -0.3 is 19.9 Å². The number of anilines is 2. The molecule has 0 unspecified atom stereocenters. The molecule has 0 bridgehead atoms. The number of nitriles is 1. The van der Waals surface area contributed by atoms with E-state index in [9.17, 15) is 31.6 Å². The monoisotopic (exact) mass is 637 g/mol. The molecule has 3 heterocycles. The van der Waals surface area contributed by atoms with Crippen LogP contribution in [0.1, 0.15) is 50.1 Å². The Morgan fingerprint density at radius 3 is 2.44 bits per heavy atom. The Hall–Kier alpha value is -2.89. The van der Waals surface area contributed by atoms with Gasteiger partial charge in [-0.3, -0.25) is 4.79 Å². The molecular weight excluding hydrogens is 603 g/mol. The maximum absolute atomic E-state index is 13.5. The molecule has 2 aliphatic carbocycles. The van der Waals surface area contributed by atoms with Crippen LogP contribution in [0.2, 0.25) is 0 Å². The van der Waals surface area contributed by atoms with Crippen LogP contribution in [0, 0.1) is 17.2 Å². The number of hydrogen-bond donors (Lipinski definition) is 1. The molecule has 2 saturated heterocycles. The number of ether oxygens (including phenoxy) is 1. The Morgan fingerprint density at radius 1 is 1.09 bits per heavy atom. The van der Waals surface area contributed by atoms with Gasteiger partial charge in [-0.15, -0.1) is 0 Å². The van der Waals surface area contributed by atoms with Gasteiger partial charge >= 0.3 is 6.18 Å². The fourth-order valence-electron chi connectivity index (χ4n) is 6.22. The lowest BCUT2D eigenvalue weighted by Gasteiger charge is -2.33. The second kappa shape index (κ2) is 11.6. The number of aromatic nitrogens is 1. The number of hydrogen-bond acceptors (Lipinski definition) is 9. The first kappa shape index (κ1) is 30.1. The predicted molar refractivity (Wildman–Crippen MR) is 157 cm³/mol. The first-order valence-corrected chi connectivity index (χ1v) is 17.3. The highest BCUT2D eigenvalue weighted by atomic mass is 32.2. The fraction of sp³-hybridized carbons (Fsp3) is 0.621. The number of thiazole rings is 1. The van der Waals surface area contributed by atoms with E-state index in [0.717, 1.165) is 29.0 Å². The van der Waals surface area contributed by atoms with E-state index in [4.69, 9.17) is 9.72 Å². The molecule has 14 heteroatoms. The van der Waals surface area contributed by atoms with E-state index >= 15 is 0 Å². The first-order chi connectivity index (χ1) is 20.5. The maximum atomic E-state index is 13.5. The lowest BCUT2D eigenvalue weighted by atomic mass is 9.76. The minimum absolute atomic E-state index is 0.0701. The number of carbonyl (C=O) groups excluding carboxylic acids is 1. The number of rotatable bonds is 6. The molecule has 1 aromatic heterocycles. The summed E-state index contributed by atoms with van der Waals surface area (Å²) in [7, 11) is -3.02. The average Bonchev–Trinajstić information content (AvgIpc) is 3.63. The Kier molecular flexibility index (Phi) is 8.10. The van der Waals surface area contributed by atoms with Gasteiger partial charge in [-0.25, -0.2) is 13.4 Å². The number of amides is 1. The number of carbonyl (C=O) groups is 1. The summed E-state index contributed by atoms with van der Waals surface area (Å²) in [4.78, 5) is 22.9. The van der Waals surface area contributed by atoms with E-state index in [-0.39, 0.29) is 43.0 Å². The Labute approximate surface area is 252 Å². The molecular formula is C29H34F3N5O4S2. The Bertz CT molecular complexity index is 1490. The quantitative estimate of drug-likeness (QED) is 0.500. The van der Waals surface area contributed by atoms with E-state index in [0.29, 0.717) is 49.6 Å². The van der Waals surface area contributed by atoms with Gasteiger partial charge in [-0.2, -0.15) is 18.4 Å². The van der Waals surface area contributed by atoms with Gasteiger partial charge in [0.05, 0.1) is 41.3 Å². The lowest BCUT2D eigenvalue weighted by molar-refractivity contribution is -0.221. The summed E-state index contributed by atoms with van der Waals surface area (Å²) in [5, 5.41) is 13.0. The number of morpholine rings is 1. The predicted octanol–water partition coefficient (Wildman–Crippen LogP) is 4.26. The molecule has 0 radical (unpaired) electrons. The highest BCUT2D eigenvalue weighted by molar-refractivity contribution is 7.91. The van der Waals surface area contributed by atoms with Gasteiger partial charge in [0.1, 0.15) is 5.54 Å². The smallest absolute Gasteiger partial charge is 0.369 e. The molecule has 0 spiro atoms. The van der Waals surface area contributed by atoms with Crippen LogP contribution in [0.3, 0.4) is 0 Å². The van der Waals surface area contributed by atoms with E-state index in [1.165, 1.54) is 11.3 Å². The van der Waals surface area contributed by atoms with Crippen LogP contribution in [-0.2, 0) is 19.4 Å². The second-order valence-electron chi connectivity index (χ2n) is 11.9. The van der Waals surface area contributed by atoms with Crippen molar-refractivity contribution >= 4 is 37.9 Å². The van der Waals surface area contributed by atoms with Gasteiger partial charge in [0.15, 0.2) is 21.1 Å². The Morgan fingerprint density at radius 2 is 1.79 bits per heavy atom. The van der Waals surface area contributed by atoms with E-state index in [2.05, 4.69) is 11.4 Å². The largest absolute Gasteiger partial charge is 0.416 e. The highest BCUT2D eigenvalue weighted by Gasteiger charge is 2.48. The molecule has 2 saturated carbocycles. The molecule has 2 aromatic rings. The minimum Gasteiger partial charge on any atom is -0.369 e. The summed E-state index contributed by atoms with van der Waals surface area (Å²) < 4.78 is 69.4. The molecule has 4 aliphatic rings. The highest BCUT2D eigenvalue weighted by Crippen LogP contribution is 2.47. The van der Waals surface area contributed by atoms with Crippen molar-refractivity contribution in [3.63, 3.8) is 0 Å². The zero-order valence-corrected chi connectivity index (χ0v) is 25.2. The van der Waals surface area contributed by atoms with Gasteiger partial charge in [0.25, 0.3) is 0 Å². The summed E-state index contributed by atoms with van der Waals surface area (Å²) in [6.45, 7) is 0.677. The van der Waals surface area contributed by atoms with Crippen molar-refractivity contribution in [2.75, 3.05) is 54.1 Å². The van der Waals surface area contributed by atoms with Crippen LogP contribution < -0.4 is 15.1 Å². The van der Waals surface area contributed by atoms with Gasteiger partial charge in [-0.05, 0) is 43.4 Å². The van der Waals surface area contributed by atoms with Crippen LogP contribution >= 0.6 is 11.3 Å². The topological polar surface area (TPSA) is 116 Å². The summed E-state index contributed by atoms with van der Waals surface area (Å²) in [6, 6.07) is 9.95. The van der Waals surface area contributed by atoms with E-state index in [1.807, 2.05) is 29.2 Å². The van der Waals surface area contributed by atoms with Crippen molar-refractivity contribution in [1.29, 1.82) is 5.26 Å². The summed E-state index contributed by atoms with van der Waals surface area (Å²) in [5.41, 5.74) is 1.65. The molecule has 43 heavy (non-hydrogen) atoms. The van der Waals surface area contributed by atoms with Crippen LogP contribution in [0.15, 0.2) is 24.3 Å². The zero-order chi connectivity index (χ0) is 30.4. The van der Waals surface area contributed by atoms with E-state index in [1.54, 1.807) is 4.90 Å². The minimum atomic E-state index is -4.49. The maximum Gasteiger partial charge on any atom is 0.416 e. The number of sulfone groups is 1. The van der Waals surface area contributed by atoms with Crippen LogP contribution in [0.4, 0.5) is 24.0 Å². The third kappa shape index (κ3) is 6.49. The first-order valence-electron chi connectivity index (χ1n) is 14.7. The molecule has 1 aromatic carbocycles. The van der Waals surface area contributed by atoms with E-state index < -0.39 is 33.6 Å². The van der Waals surface area contributed by atoms with Gasteiger partial charge in [0.2, 0.25) is 5.91 Å². The van der Waals surface area contributed by atoms with Crippen LogP contribution in [0.5, 0.6) is 0 Å². The summed E-state index contributed by atoms with van der Waals surface area (Å²) in [6.07, 6.45) is -2.00. The van der Waals surface area contributed by atoms with Crippen molar-refractivity contribution in [1.82, 2.24) is 10.3 Å². The number of nitrogens with zero attached hydrogens (tertiary/aromatic N) is 4. The molecule has 4 fully saturated rings. The van der Waals surface area contributed by atoms with Gasteiger partial charge in [0, 0.05) is 37.2 Å². The second-order valence-corrected chi connectivity index (χ2v) is 15.2. The number of halogens is 3. The molecule has 1 amide bonds. The van der Waals surface area contributed by atoms with Crippen molar-refractivity contribution in [2.24, 2.45) is 5.92 Å². The zero-order valence-electron chi connectivity index (χ0n) is 23.6. The molecule has 3 atom stereocenters. The van der Waals surface area contributed by atoms with Gasteiger partial charge in [-0.1, -0.05) is 36.3 Å². The van der Waals surface area contributed by atoms with Crippen LogP contribution in [0.25, 0.3) is 10.4 Å². The number of benzene rings is 1. The summed E-state index contributed by atoms with van der Waals surface area (Å²) in [5.74, 6) is -0.588. The third-order valence-corrected chi connectivity index (χ3v) is 11.8. The normalized spacial score (nSPS) is 26.9. The molecule has 1 N–H and O–H groups in total. The molecule has 2 aliphatic heterocycles. The molecule has 232 valence electrons. The SMILES string of the molecule is N#CC1(NC(=O)[C@@H]2CCCC[C@H]2c2nc(N3CCO[C@H](C(F)(F)F)C3)sc2-c2ccc(N3CCS(=O)(=O)CC3)cc2)CC1. The van der Waals surface area contributed by atoms with Crippen molar-refractivity contribution < 1.29 is 31.1 Å². The standard InChI is InChI=1S/C29H34F3N5O4S2/c30-29(31,32)23-17-37(11-14-41-23)27-34-24(21-3-1-2-4-22(21)26(38)35-28(18-33)9-10-28)25(42-27)19-5-7-20(8-6-19)36-12-15-43(39,40)16-13-36/h5-8,21-23H,1-4,9-17H2,(H,35,38)/t21-,22-,23+/m1/s1. The number of alkyl halides is 3. The fourth-order valence-corrected chi connectivity index (χ4v) is 8.60. The lowest BCUT2D eigenvalue weighted by Crippen LogP contribution is -2.49. The third-order valence-electron chi connectivity index (χ3n) is 8.96. The molecule has 9 nitrogen and oxygen atoms in total.